The van der Waals surface area contributed by atoms with Crippen molar-refractivity contribution >= 4 is 11.8 Å². The second-order valence-corrected chi connectivity index (χ2v) is 4.86. The van der Waals surface area contributed by atoms with Gasteiger partial charge in [-0.2, -0.15) is 0 Å². The van der Waals surface area contributed by atoms with E-state index in [0.29, 0.717) is 0 Å². The fourth-order valence-electron chi connectivity index (χ4n) is 1.35. The Bertz CT molecular complexity index is 307. The molecule has 90 valence electrons. The van der Waals surface area contributed by atoms with E-state index in [-0.39, 0.29) is 5.82 Å². The molecule has 0 aromatic heterocycles. The maximum absolute atomic E-state index is 13.3. The Morgan fingerprint density at radius 3 is 2.75 bits per heavy atom. The second-order valence-electron chi connectivity index (χ2n) is 3.72. The van der Waals surface area contributed by atoms with Crippen LogP contribution in [0.25, 0.3) is 0 Å². The predicted octanol–water partition coefficient (Wildman–Crippen LogP) is 2.20. The highest BCUT2D eigenvalue weighted by atomic mass is 32.2. The Labute approximate surface area is 101 Å². The van der Waals surface area contributed by atoms with Crippen molar-refractivity contribution in [3.63, 3.8) is 0 Å². The molecular weight excluding hydrogens is 223 g/mol. The van der Waals surface area contributed by atoms with E-state index in [1.165, 1.54) is 6.07 Å². The number of hydrogen-bond donors (Lipinski definition) is 1. The third kappa shape index (κ3) is 4.96. The van der Waals surface area contributed by atoms with E-state index >= 15 is 0 Å². The smallest absolute Gasteiger partial charge is 0.136 e. The van der Waals surface area contributed by atoms with Crippen molar-refractivity contribution in [3.8, 4) is 0 Å². The Kier molecular flexibility index (Phi) is 6.45. The summed E-state index contributed by atoms with van der Waals surface area (Å²) >= 11 is 1.56. The summed E-state index contributed by atoms with van der Waals surface area (Å²) in [6.07, 6.45) is 1.01. The van der Waals surface area contributed by atoms with E-state index in [9.17, 15) is 4.39 Å². The maximum atomic E-state index is 13.3. The lowest BCUT2D eigenvalue weighted by Crippen LogP contribution is -2.24. The summed E-state index contributed by atoms with van der Waals surface area (Å²) in [4.78, 5) is 2.95. The largest absolute Gasteiger partial charge is 0.330 e. The van der Waals surface area contributed by atoms with Gasteiger partial charge in [0.15, 0.2) is 0 Å². The van der Waals surface area contributed by atoms with Gasteiger partial charge in [-0.15, -0.1) is 11.8 Å². The van der Waals surface area contributed by atoms with Crippen LogP contribution in [0.4, 0.5) is 4.39 Å². The zero-order valence-corrected chi connectivity index (χ0v) is 10.5. The predicted molar refractivity (Wildman–Crippen MR) is 68.3 cm³/mol. The molecule has 0 spiro atoms. The molecule has 1 aromatic carbocycles. The Hall–Kier alpha value is -0.580. The molecular formula is C12H19FN2S. The van der Waals surface area contributed by atoms with Gasteiger partial charge < -0.3 is 10.6 Å². The first-order valence-corrected chi connectivity index (χ1v) is 6.48. The van der Waals surface area contributed by atoms with Crippen molar-refractivity contribution in [1.29, 1.82) is 0 Å². The number of nitrogens with two attached hydrogens (primary N) is 1. The lowest BCUT2D eigenvalue weighted by atomic mass is 10.3. The minimum absolute atomic E-state index is 0.128. The third-order valence-corrected chi connectivity index (χ3v) is 3.34. The van der Waals surface area contributed by atoms with Gasteiger partial charge in [-0.25, -0.2) is 4.39 Å². The molecule has 0 aliphatic heterocycles. The number of halogens is 1. The molecule has 0 heterocycles. The van der Waals surface area contributed by atoms with E-state index in [1.54, 1.807) is 17.8 Å². The van der Waals surface area contributed by atoms with Gasteiger partial charge in [0, 0.05) is 17.2 Å². The molecule has 0 bridgehead atoms. The fourth-order valence-corrected chi connectivity index (χ4v) is 2.35. The van der Waals surface area contributed by atoms with Crippen molar-refractivity contribution in [1.82, 2.24) is 4.90 Å². The summed E-state index contributed by atoms with van der Waals surface area (Å²) in [5.41, 5.74) is 5.43. The summed E-state index contributed by atoms with van der Waals surface area (Å²) in [5.74, 6) is 0.777. The number of benzene rings is 1. The quantitative estimate of drug-likeness (QED) is 0.743. The van der Waals surface area contributed by atoms with Gasteiger partial charge in [-0.3, -0.25) is 0 Å². The molecule has 4 heteroatoms. The van der Waals surface area contributed by atoms with E-state index in [0.717, 1.165) is 36.7 Å². The first kappa shape index (κ1) is 13.5. The SMILES string of the molecule is CN(CCCN)CCSc1ccccc1F. The summed E-state index contributed by atoms with van der Waals surface area (Å²) in [6.45, 7) is 2.69. The summed E-state index contributed by atoms with van der Waals surface area (Å²) in [7, 11) is 2.07. The minimum atomic E-state index is -0.128. The first-order chi connectivity index (χ1) is 7.74. The minimum Gasteiger partial charge on any atom is -0.330 e. The van der Waals surface area contributed by atoms with Gasteiger partial charge in [0.05, 0.1) is 0 Å². The molecule has 0 aliphatic rings. The topological polar surface area (TPSA) is 29.3 Å². The monoisotopic (exact) mass is 242 g/mol. The molecule has 0 atom stereocenters. The highest BCUT2D eigenvalue weighted by Gasteiger charge is 2.02. The Morgan fingerprint density at radius 2 is 2.06 bits per heavy atom. The van der Waals surface area contributed by atoms with Crippen LogP contribution in [0.15, 0.2) is 29.2 Å². The molecule has 0 fully saturated rings. The van der Waals surface area contributed by atoms with Crippen LogP contribution in [0.1, 0.15) is 6.42 Å². The van der Waals surface area contributed by atoms with Gasteiger partial charge in [0.1, 0.15) is 5.82 Å². The van der Waals surface area contributed by atoms with Crippen LogP contribution < -0.4 is 5.73 Å². The van der Waals surface area contributed by atoms with Gasteiger partial charge in [-0.05, 0) is 38.7 Å². The average molecular weight is 242 g/mol. The van der Waals surface area contributed by atoms with Crippen LogP contribution in [-0.4, -0.2) is 37.3 Å². The number of rotatable bonds is 7. The molecule has 0 saturated heterocycles. The average Bonchev–Trinajstić information content (AvgIpc) is 2.29. The zero-order valence-electron chi connectivity index (χ0n) is 9.66. The summed E-state index contributed by atoms with van der Waals surface area (Å²) in [6, 6.07) is 6.90. The van der Waals surface area contributed by atoms with Crippen LogP contribution >= 0.6 is 11.8 Å². The van der Waals surface area contributed by atoms with E-state index in [4.69, 9.17) is 5.73 Å². The molecule has 0 saturated carbocycles. The van der Waals surface area contributed by atoms with E-state index < -0.39 is 0 Å². The van der Waals surface area contributed by atoms with Crippen LogP contribution in [0.3, 0.4) is 0 Å². The van der Waals surface area contributed by atoms with E-state index in [2.05, 4.69) is 11.9 Å². The highest BCUT2D eigenvalue weighted by molar-refractivity contribution is 7.99. The standard InChI is InChI=1S/C12H19FN2S/c1-15(8-4-7-14)9-10-16-12-6-3-2-5-11(12)13/h2-3,5-6H,4,7-10,14H2,1H3. The van der Waals surface area contributed by atoms with Gasteiger partial charge in [0.2, 0.25) is 0 Å². The first-order valence-electron chi connectivity index (χ1n) is 5.50. The lowest BCUT2D eigenvalue weighted by Gasteiger charge is -2.15. The Balaban J connectivity index is 2.23. The fraction of sp³-hybridized carbons (Fsp3) is 0.500. The number of hydrogen-bond acceptors (Lipinski definition) is 3. The second kappa shape index (κ2) is 7.65. The molecule has 0 amide bonds. The maximum Gasteiger partial charge on any atom is 0.136 e. The molecule has 1 rings (SSSR count). The zero-order chi connectivity index (χ0) is 11.8. The normalized spacial score (nSPS) is 11.0. The molecule has 0 aliphatic carbocycles. The van der Waals surface area contributed by atoms with Gasteiger partial charge in [-0.1, -0.05) is 12.1 Å². The van der Waals surface area contributed by atoms with Gasteiger partial charge in [0.25, 0.3) is 0 Å². The highest BCUT2D eigenvalue weighted by Crippen LogP contribution is 2.20. The van der Waals surface area contributed by atoms with E-state index in [1.807, 2.05) is 12.1 Å². The van der Waals surface area contributed by atoms with Crippen molar-refractivity contribution in [2.75, 3.05) is 32.4 Å². The van der Waals surface area contributed by atoms with Crippen molar-refractivity contribution < 1.29 is 4.39 Å². The molecule has 0 radical (unpaired) electrons. The van der Waals surface area contributed by atoms with Gasteiger partial charge >= 0.3 is 0 Å². The number of nitrogens with zero attached hydrogens (tertiary/aromatic N) is 1. The molecule has 1 aromatic rings. The summed E-state index contributed by atoms with van der Waals surface area (Å²) in [5, 5.41) is 0. The van der Waals surface area contributed by atoms with Crippen LogP contribution in [0, 0.1) is 5.82 Å². The Morgan fingerprint density at radius 1 is 1.31 bits per heavy atom. The van der Waals surface area contributed by atoms with Crippen molar-refractivity contribution in [3.05, 3.63) is 30.1 Å². The molecule has 2 nitrogen and oxygen atoms in total. The van der Waals surface area contributed by atoms with Crippen molar-refractivity contribution in [2.45, 2.75) is 11.3 Å². The molecule has 16 heavy (non-hydrogen) atoms. The van der Waals surface area contributed by atoms with Crippen LogP contribution in [0.5, 0.6) is 0 Å². The summed E-state index contributed by atoms with van der Waals surface area (Å²) < 4.78 is 13.3. The van der Waals surface area contributed by atoms with Crippen molar-refractivity contribution in [2.24, 2.45) is 5.73 Å². The lowest BCUT2D eigenvalue weighted by molar-refractivity contribution is 0.352. The molecule has 2 N–H and O–H groups in total. The molecule has 0 unspecified atom stereocenters. The number of thioether (sulfide) groups is 1. The third-order valence-electron chi connectivity index (χ3n) is 2.31. The van der Waals surface area contributed by atoms with Crippen LogP contribution in [0.2, 0.25) is 0 Å². The van der Waals surface area contributed by atoms with Crippen LogP contribution in [-0.2, 0) is 0 Å².